The van der Waals surface area contributed by atoms with Crippen molar-refractivity contribution in [2.24, 2.45) is 5.92 Å². The first-order chi connectivity index (χ1) is 12.3. The van der Waals surface area contributed by atoms with Crippen LogP contribution in [0.15, 0.2) is 23.1 Å². The summed E-state index contributed by atoms with van der Waals surface area (Å²) in [5.74, 6) is -0.123. The summed E-state index contributed by atoms with van der Waals surface area (Å²) in [4.78, 5) is 12.5. The SMILES string of the molecule is COC[C@H](C)NC(=O)[C@@H]1CCCN(S(=O)(=O)c2ccc(OC)c(Cl)c2)C1. The number of benzene rings is 1. The molecule has 0 unspecified atom stereocenters. The molecule has 0 aliphatic carbocycles. The van der Waals surface area contributed by atoms with Gasteiger partial charge in [-0.25, -0.2) is 8.42 Å². The number of hydrogen-bond acceptors (Lipinski definition) is 5. The normalized spacial score (nSPS) is 19.8. The lowest BCUT2D eigenvalue weighted by Crippen LogP contribution is -2.47. The number of amides is 1. The van der Waals surface area contributed by atoms with Gasteiger partial charge in [0, 0.05) is 26.2 Å². The first-order valence-electron chi connectivity index (χ1n) is 8.42. The number of nitrogens with zero attached hydrogens (tertiary/aromatic N) is 1. The Morgan fingerprint density at radius 2 is 2.15 bits per heavy atom. The quantitative estimate of drug-likeness (QED) is 0.750. The van der Waals surface area contributed by atoms with Crippen molar-refractivity contribution < 1.29 is 22.7 Å². The molecule has 1 N–H and O–H groups in total. The van der Waals surface area contributed by atoms with Crippen molar-refractivity contribution in [2.45, 2.75) is 30.7 Å². The molecule has 0 bridgehead atoms. The van der Waals surface area contributed by atoms with E-state index in [4.69, 9.17) is 21.1 Å². The van der Waals surface area contributed by atoms with Gasteiger partial charge in [-0.2, -0.15) is 4.31 Å². The summed E-state index contributed by atoms with van der Waals surface area (Å²) in [6, 6.07) is 4.24. The minimum atomic E-state index is -3.73. The molecule has 2 rings (SSSR count). The van der Waals surface area contributed by atoms with E-state index in [1.807, 2.05) is 6.92 Å². The van der Waals surface area contributed by atoms with Crippen molar-refractivity contribution in [3.05, 3.63) is 23.2 Å². The Bertz CT molecular complexity index is 741. The van der Waals surface area contributed by atoms with Crippen LogP contribution in [0.2, 0.25) is 5.02 Å². The number of carbonyl (C=O) groups excluding carboxylic acids is 1. The van der Waals surface area contributed by atoms with Crippen molar-refractivity contribution in [3.8, 4) is 5.75 Å². The van der Waals surface area contributed by atoms with Crippen LogP contribution in [0.25, 0.3) is 0 Å². The van der Waals surface area contributed by atoms with Gasteiger partial charge < -0.3 is 14.8 Å². The average Bonchev–Trinajstić information content (AvgIpc) is 2.61. The minimum absolute atomic E-state index is 0.0945. The second kappa shape index (κ2) is 9.03. The van der Waals surface area contributed by atoms with Crippen molar-refractivity contribution in [1.82, 2.24) is 9.62 Å². The molecule has 9 heteroatoms. The molecule has 0 aromatic heterocycles. The summed E-state index contributed by atoms with van der Waals surface area (Å²) in [6.45, 7) is 2.78. The number of halogens is 1. The third-order valence-electron chi connectivity index (χ3n) is 4.32. The molecule has 26 heavy (non-hydrogen) atoms. The van der Waals surface area contributed by atoms with Crippen LogP contribution in [-0.2, 0) is 19.6 Å². The van der Waals surface area contributed by atoms with E-state index in [1.54, 1.807) is 7.11 Å². The third kappa shape index (κ3) is 4.88. The van der Waals surface area contributed by atoms with Gasteiger partial charge in [0.2, 0.25) is 15.9 Å². The molecule has 1 aromatic rings. The Morgan fingerprint density at radius 3 is 2.77 bits per heavy atom. The Hall–Kier alpha value is -1.35. The molecular formula is C17H25ClN2O5S. The van der Waals surface area contributed by atoms with E-state index in [0.29, 0.717) is 31.7 Å². The van der Waals surface area contributed by atoms with E-state index in [2.05, 4.69) is 5.32 Å². The number of hydrogen-bond donors (Lipinski definition) is 1. The molecule has 146 valence electrons. The van der Waals surface area contributed by atoms with Crippen LogP contribution < -0.4 is 10.1 Å². The first-order valence-corrected chi connectivity index (χ1v) is 10.2. The van der Waals surface area contributed by atoms with Crippen LogP contribution in [0.1, 0.15) is 19.8 Å². The number of nitrogens with one attached hydrogen (secondary N) is 1. The number of methoxy groups -OCH3 is 2. The maximum Gasteiger partial charge on any atom is 0.243 e. The van der Waals surface area contributed by atoms with Gasteiger partial charge in [-0.05, 0) is 38.0 Å². The van der Waals surface area contributed by atoms with Gasteiger partial charge in [0.15, 0.2) is 0 Å². The molecule has 7 nitrogen and oxygen atoms in total. The van der Waals surface area contributed by atoms with Gasteiger partial charge in [-0.15, -0.1) is 0 Å². The molecule has 1 heterocycles. The largest absolute Gasteiger partial charge is 0.495 e. The number of carbonyl (C=O) groups is 1. The van der Waals surface area contributed by atoms with Crippen LogP contribution in [-0.4, -0.2) is 58.6 Å². The third-order valence-corrected chi connectivity index (χ3v) is 6.48. The van der Waals surface area contributed by atoms with Crippen molar-refractivity contribution in [1.29, 1.82) is 0 Å². The number of sulfonamides is 1. The highest BCUT2D eigenvalue weighted by Crippen LogP contribution is 2.30. The van der Waals surface area contributed by atoms with Gasteiger partial charge in [-0.1, -0.05) is 11.6 Å². The number of rotatable bonds is 7. The second-order valence-corrected chi connectivity index (χ2v) is 8.71. The van der Waals surface area contributed by atoms with E-state index in [-0.39, 0.29) is 34.3 Å². The smallest absolute Gasteiger partial charge is 0.243 e. The molecule has 1 aromatic carbocycles. The van der Waals surface area contributed by atoms with E-state index in [9.17, 15) is 13.2 Å². The van der Waals surface area contributed by atoms with Crippen LogP contribution in [0.3, 0.4) is 0 Å². The van der Waals surface area contributed by atoms with Gasteiger partial charge in [-0.3, -0.25) is 4.79 Å². The topological polar surface area (TPSA) is 84.9 Å². The molecule has 0 spiro atoms. The van der Waals surface area contributed by atoms with Gasteiger partial charge >= 0.3 is 0 Å². The summed E-state index contributed by atoms with van der Waals surface area (Å²) in [5.41, 5.74) is 0. The highest BCUT2D eigenvalue weighted by atomic mass is 35.5. The van der Waals surface area contributed by atoms with Crippen LogP contribution >= 0.6 is 11.6 Å². The van der Waals surface area contributed by atoms with E-state index in [1.165, 1.54) is 29.6 Å². The second-order valence-electron chi connectivity index (χ2n) is 6.36. The van der Waals surface area contributed by atoms with Crippen molar-refractivity contribution >= 4 is 27.5 Å². The number of piperidine rings is 1. The summed E-state index contributed by atoms with van der Waals surface area (Å²) < 4.78 is 37.2. The zero-order chi connectivity index (χ0) is 19.3. The predicted octanol–water partition coefficient (Wildman–Crippen LogP) is 1.90. The fraction of sp³-hybridized carbons (Fsp3) is 0.588. The molecule has 1 amide bonds. The maximum atomic E-state index is 12.9. The Balaban J connectivity index is 2.12. The molecular weight excluding hydrogens is 380 g/mol. The van der Waals surface area contributed by atoms with E-state index < -0.39 is 10.0 Å². The van der Waals surface area contributed by atoms with Crippen LogP contribution in [0.4, 0.5) is 0 Å². The molecule has 1 saturated heterocycles. The molecule has 0 radical (unpaired) electrons. The van der Waals surface area contributed by atoms with Crippen molar-refractivity contribution in [2.75, 3.05) is 33.9 Å². The molecule has 1 fully saturated rings. The lowest BCUT2D eigenvalue weighted by atomic mass is 9.98. The Kier molecular flexibility index (Phi) is 7.28. The molecule has 1 aliphatic heterocycles. The van der Waals surface area contributed by atoms with E-state index in [0.717, 1.165) is 0 Å². The predicted molar refractivity (Wildman–Crippen MR) is 99.0 cm³/mol. The minimum Gasteiger partial charge on any atom is -0.495 e. The number of ether oxygens (including phenoxy) is 2. The Labute approximate surface area is 159 Å². The van der Waals surface area contributed by atoms with Gasteiger partial charge in [0.05, 0.1) is 29.6 Å². The standard InChI is InChI=1S/C17H25ClN2O5S/c1-12(11-24-2)19-17(21)13-5-4-8-20(10-13)26(22,23)14-6-7-16(25-3)15(18)9-14/h6-7,9,12-13H,4-5,8,10-11H2,1-3H3,(H,19,21)/t12-,13+/m0/s1. The average molecular weight is 405 g/mol. The summed E-state index contributed by atoms with van der Waals surface area (Å²) in [7, 11) is -0.693. The maximum absolute atomic E-state index is 12.9. The summed E-state index contributed by atoms with van der Waals surface area (Å²) >= 11 is 6.06. The summed E-state index contributed by atoms with van der Waals surface area (Å²) in [6.07, 6.45) is 1.28. The fourth-order valence-electron chi connectivity index (χ4n) is 2.98. The highest BCUT2D eigenvalue weighted by Gasteiger charge is 2.33. The monoisotopic (exact) mass is 404 g/mol. The highest BCUT2D eigenvalue weighted by molar-refractivity contribution is 7.89. The van der Waals surface area contributed by atoms with Crippen molar-refractivity contribution in [3.63, 3.8) is 0 Å². The lowest BCUT2D eigenvalue weighted by Gasteiger charge is -2.31. The zero-order valence-corrected chi connectivity index (χ0v) is 16.8. The first kappa shape index (κ1) is 21.0. The molecule has 0 saturated carbocycles. The van der Waals surface area contributed by atoms with Crippen LogP contribution in [0.5, 0.6) is 5.75 Å². The lowest BCUT2D eigenvalue weighted by molar-refractivity contribution is -0.127. The fourth-order valence-corrected chi connectivity index (χ4v) is 4.86. The zero-order valence-electron chi connectivity index (χ0n) is 15.2. The molecule has 2 atom stereocenters. The van der Waals surface area contributed by atoms with Gasteiger partial charge in [0.25, 0.3) is 0 Å². The molecule has 1 aliphatic rings. The van der Waals surface area contributed by atoms with E-state index >= 15 is 0 Å². The Morgan fingerprint density at radius 1 is 1.42 bits per heavy atom. The van der Waals surface area contributed by atoms with Gasteiger partial charge in [0.1, 0.15) is 5.75 Å². The van der Waals surface area contributed by atoms with Crippen LogP contribution in [0, 0.1) is 5.92 Å². The summed E-state index contributed by atoms with van der Waals surface area (Å²) in [5, 5.41) is 3.09.